The van der Waals surface area contributed by atoms with Gasteiger partial charge in [-0.05, 0) is 37.6 Å². The van der Waals surface area contributed by atoms with Crippen molar-refractivity contribution in [2.75, 3.05) is 5.32 Å². The number of halogens is 1. The SMILES string of the molecule is CCC(Oc1ccc(F)cc1)C(=O)Nc1nc(C)ns1. The van der Waals surface area contributed by atoms with E-state index in [9.17, 15) is 9.18 Å². The number of carbonyl (C=O) groups excluding carboxylic acids is 1. The first-order valence-electron chi connectivity index (χ1n) is 6.12. The number of carbonyl (C=O) groups is 1. The number of aromatic nitrogens is 2. The number of nitrogens with one attached hydrogen (secondary N) is 1. The fraction of sp³-hybridized carbons (Fsp3) is 0.308. The lowest BCUT2D eigenvalue weighted by Gasteiger charge is -2.16. The molecule has 0 radical (unpaired) electrons. The van der Waals surface area contributed by atoms with Gasteiger partial charge in [0.1, 0.15) is 17.4 Å². The number of amides is 1. The van der Waals surface area contributed by atoms with Gasteiger partial charge in [-0.15, -0.1) is 0 Å². The molecule has 1 N–H and O–H groups in total. The molecular formula is C13H14FN3O2S. The Hall–Kier alpha value is -2.02. The van der Waals surface area contributed by atoms with Crippen LogP contribution in [0, 0.1) is 12.7 Å². The first kappa shape index (κ1) is 14.4. The maximum absolute atomic E-state index is 12.8. The van der Waals surface area contributed by atoms with E-state index in [1.54, 1.807) is 6.92 Å². The van der Waals surface area contributed by atoms with E-state index >= 15 is 0 Å². The van der Waals surface area contributed by atoms with E-state index in [2.05, 4.69) is 14.7 Å². The normalized spacial score (nSPS) is 11.9. The van der Waals surface area contributed by atoms with E-state index in [4.69, 9.17) is 4.74 Å². The Labute approximate surface area is 120 Å². The second-order valence-corrected chi connectivity index (χ2v) is 4.86. The third-order valence-electron chi connectivity index (χ3n) is 2.51. The Bertz CT molecular complexity index is 586. The minimum atomic E-state index is -0.662. The predicted octanol–water partition coefficient (Wildman–Crippen LogP) is 2.78. The summed E-state index contributed by atoms with van der Waals surface area (Å²) in [6.45, 7) is 3.58. The molecule has 2 aromatic rings. The van der Waals surface area contributed by atoms with E-state index in [-0.39, 0.29) is 11.7 Å². The lowest BCUT2D eigenvalue weighted by Crippen LogP contribution is -2.32. The second-order valence-electron chi connectivity index (χ2n) is 4.10. The Morgan fingerprint density at radius 3 is 2.70 bits per heavy atom. The molecule has 1 aromatic carbocycles. The van der Waals surface area contributed by atoms with Gasteiger partial charge in [-0.1, -0.05) is 6.92 Å². The van der Waals surface area contributed by atoms with Gasteiger partial charge in [0.25, 0.3) is 5.91 Å². The maximum atomic E-state index is 12.8. The van der Waals surface area contributed by atoms with Crippen molar-refractivity contribution >= 4 is 22.6 Å². The summed E-state index contributed by atoms with van der Waals surface area (Å²) in [6.07, 6.45) is -0.175. The number of ether oxygens (including phenoxy) is 1. The van der Waals surface area contributed by atoms with Gasteiger partial charge in [0.15, 0.2) is 6.10 Å². The zero-order valence-electron chi connectivity index (χ0n) is 11.1. The van der Waals surface area contributed by atoms with Crippen LogP contribution in [0.1, 0.15) is 19.2 Å². The summed E-state index contributed by atoms with van der Waals surface area (Å²) in [4.78, 5) is 16.1. The van der Waals surface area contributed by atoms with Gasteiger partial charge in [-0.2, -0.15) is 4.37 Å². The predicted molar refractivity (Wildman–Crippen MR) is 74.4 cm³/mol. The topological polar surface area (TPSA) is 64.1 Å². The summed E-state index contributed by atoms with van der Waals surface area (Å²) in [5.41, 5.74) is 0. The molecule has 1 unspecified atom stereocenters. The summed E-state index contributed by atoms with van der Waals surface area (Å²) < 4.78 is 22.3. The zero-order chi connectivity index (χ0) is 14.5. The molecule has 0 aliphatic heterocycles. The van der Waals surface area contributed by atoms with Crippen LogP contribution in [0.4, 0.5) is 9.52 Å². The highest BCUT2D eigenvalue weighted by Gasteiger charge is 2.19. The van der Waals surface area contributed by atoms with Crippen molar-refractivity contribution < 1.29 is 13.9 Å². The van der Waals surface area contributed by atoms with Crippen LogP contribution in [-0.4, -0.2) is 21.4 Å². The number of hydrogen-bond acceptors (Lipinski definition) is 5. The van der Waals surface area contributed by atoms with E-state index in [1.807, 2.05) is 6.92 Å². The molecule has 0 fully saturated rings. The van der Waals surface area contributed by atoms with Gasteiger partial charge >= 0.3 is 0 Å². The van der Waals surface area contributed by atoms with Crippen molar-refractivity contribution in [2.24, 2.45) is 0 Å². The van der Waals surface area contributed by atoms with Gasteiger partial charge in [0.2, 0.25) is 5.13 Å². The van der Waals surface area contributed by atoms with Crippen LogP contribution in [0.5, 0.6) is 5.75 Å². The molecule has 1 amide bonds. The van der Waals surface area contributed by atoms with E-state index < -0.39 is 6.10 Å². The number of nitrogens with zero attached hydrogens (tertiary/aromatic N) is 2. The molecule has 2 rings (SSSR count). The molecule has 0 bridgehead atoms. The zero-order valence-corrected chi connectivity index (χ0v) is 11.9. The van der Waals surface area contributed by atoms with E-state index in [1.165, 1.54) is 24.3 Å². The fourth-order valence-electron chi connectivity index (χ4n) is 1.53. The molecule has 0 spiro atoms. The van der Waals surface area contributed by atoms with Crippen LogP contribution in [-0.2, 0) is 4.79 Å². The monoisotopic (exact) mass is 295 g/mol. The van der Waals surface area contributed by atoms with Crippen molar-refractivity contribution in [3.05, 3.63) is 35.9 Å². The molecule has 106 valence electrons. The van der Waals surface area contributed by atoms with E-state index in [0.29, 0.717) is 23.1 Å². The number of hydrogen-bond donors (Lipinski definition) is 1. The average molecular weight is 295 g/mol. The van der Waals surface area contributed by atoms with Crippen molar-refractivity contribution in [3.8, 4) is 5.75 Å². The van der Waals surface area contributed by atoms with E-state index in [0.717, 1.165) is 11.5 Å². The smallest absolute Gasteiger partial charge is 0.267 e. The molecule has 5 nitrogen and oxygen atoms in total. The Morgan fingerprint density at radius 1 is 1.45 bits per heavy atom. The standard InChI is InChI=1S/C13H14FN3O2S/c1-3-11(19-10-6-4-9(14)5-7-10)12(18)16-13-15-8(2)17-20-13/h4-7,11H,3H2,1-2H3,(H,15,16,17,18). The molecule has 0 aliphatic carbocycles. The molecule has 0 saturated heterocycles. The maximum Gasteiger partial charge on any atom is 0.267 e. The van der Waals surface area contributed by atoms with Crippen molar-refractivity contribution in [3.63, 3.8) is 0 Å². The number of anilines is 1. The highest BCUT2D eigenvalue weighted by Crippen LogP contribution is 2.16. The van der Waals surface area contributed by atoms with Crippen LogP contribution in [0.2, 0.25) is 0 Å². The minimum absolute atomic E-state index is 0.298. The third kappa shape index (κ3) is 3.74. The van der Waals surface area contributed by atoms with Gasteiger partial charge in [-0.3, -0.25) is 10.1 Å². The van der Waals surface area contributed by atoms with Gasteiger partial charge in [0.05, 0.1) is 0 Å². The number of benzene rings is 1. The summed E-state index contributed by atoms with van der Waals surface area (Å²) in [5.74, 6) is 0.409. The first-order chi connectivity index (χ1) is 9.58. The average Bonchev–Trinajstić information content (AvgIpc) is 2.83. The van der Waals surface area contributed by atoms with Crippen LogP contribution < -0.4 is 10.1 Å². The molecule has 20 heavy (non-hydrogen) atoms. The Balaban J connectivity index is 2.00. The Kier molecular flexibility index (Phi) is 4.62. The van der Waals surface area contributed by atoms with Gasteiger partial charge < -0.3 is 4.74 Å². The molecule has 1 heterocycles. The molecule has 0 aliphatic rings. The van der Waals surface area contributed by atoms with Crippen LogP contribution in [0.15, 0.2) is 24.3 Å². The molecule has 0 saturated carbocycles. The third-order valence-corrected chi connectivity index (χ3v) is 3.23. The summed E-state index contributed by atoms with van der Waals surface area (Å²) in [7, 11) is 0. The Morgan fingerprint density at radius 2 is 2.15 bits per heavy atom. The first-order valence-corrected chi connectivity index (χ1v) is 6.89. The van der Waals surface area contributed by atoms with Crippen molar-refractivity contribution in [1.82, 2.24) is 9.36 Å². The summed E-state index contributed by atoms with van der Waals surface area (Å²) in [5, 5.41) is 3.09. The minimum Gasteiger partial charge on any atom is -0.481 e. The largest absolute Gasteiger partial charge is 0.481 e. The summed E-state index contributed by atoms with van der Waals surface area (Å²) >= 11 is 1.12. The molecular weight excluding hydrogens is 281 g/mol. The summed E-state index contributed by atoms with van der Waals surface area (Å²) in [6, 6.07) is 5.54. The highest BCUT2D eigenvalue weighted by atomic mass is 32.1. The van der Waals surface area contributed by atoms with Gasteiger partial charge in [0, 0.05) is 11.5 Å². The molecule has 7 heteroatoms. The lowest BCUT2D eigenvalue weighted by molar-refractivity contribution is -0.122. The van der Waals surface area contributed by atoms with Crippen LogP contribution >= 0.6 is 11.5 Å². The molecule has 1 atom stereocenters. The van der Waals surface area contributed by atoms with Crippen LogP contribution in [0.3, 0.4) is 0 Å². The quantitative estimate of drug-likeness (QED) is 0.921. The fourth-order valence-corrected chi connectivity index (χ4v) is 2.11. The molecule has 1 aromatic heterocycles. The highest BCUT2D eigenvalue weighted by molar-refractivity contribution is 7.09. The number of aryl methyl sites for hydroxylation is 1. The van der Waals surface area contributed by atoms with Crippen molar-refractivity contribution in [2.45, 2.75) is 26.4 Å². The van der Waals surface area contributed by atoms with Gasteiger partial charge in [-0.25, -0.2) is 9.37 Å². The number of rotatable bonds is 5. The lowest BCUT2D eigenvalue weighted by atomic mass is 10.2. The van der Waals surface area contributed by atoms with Crippen LogP contribution in [0.25, 0.3) is 0 Å². The van der Waals surface area contributed by atoms with Crippen molar-refractivity contribution in [1.29, 1.82) is 0 Å². The second kappa shape index (κ2) is 6.42.